The molecule has 0 aromatic rings. The Bertz CT molecular complexity index is 250. The maximum atomic E-state index is 11.8. The third-order valence-electron chi connectivity index (χ3n) is 2.96. The summed E-state index contributed by atoms with van der Waals surface area (Å²) in [5.41, 5.74) is 5.52. The number of hydrogen-bond donors (Lipinski definition) is 3. The highest BCUT2D eigenvalue weighted by Gasteiger charge is 2.28. The number of carbonyl (C=O) groups is 1. The molecular formula is C10H18F3N3O. The second kappa shape index (κ2) is 6.09. The Morgan fingerprint density at radius 2 is 1.82 bits per heavy atom. The van der Waals surface area contributed by atoms with E-state index in [1.165, 1.54) is 0 Å². The third-order valence-corrected chi connectivity index (χ3v) is 2.96. The number of amides is 2. The van der Waals surface area contributed by atoms with Crippen LogP contribution in [0.3, 0.4) is 0 Å². The zero-order chi connectivity index (χ0) is 12.9. The van der Waals surface area contributed by atoms with Crippen molar-refractivity contribution >= 4 is 6.03 Å². The highest BCUT2D eigenvalue weighted by atomic mass is 19.4. The van der Waals surface area contributed by atoms with Crippen molar-refractivity contribution in [2.45, 2.75) is 37.9 Å². The first-order valence-corrected chi connectivity index (χ1v) is 5.72. The molecule has 0 spiro atoms. The average Bonchev–Trinajstić information content (AvgIpc) is 2.27. The minimum absolute atomic E-state index is 0.0361. The Morgan fingerprint density at radius 1 is 1.24 bits per heavy atom. The zero-order valence-corrected chi connectivity index (χ0v) is 9.52. The van der Waals surface area contributed by atoms with Crippen molar-refractivity contribution in [3.63, 3.8) is 0 Å². The summed E-state index contributed by atoms with van der Waals surface area (Å²) in [6.07, 6.45) is -0.974. The fourth-order valence-corrected chi connectivity index (χ4v) is 1.96. The van der Waals surface area contributed by atoms with Crippen LogP contribution in [0.1, 0.15) is 25.7 Å². The number of nitrogens with two attached hydrogens (primary N) is 1. The van der Waals surface area contributed by atoms with Crippen LogP contribution in [0, 0.1) is 5.92 Å². The number of urea groups is 1. The summed E-state index contributed by atoms with van der Waals surface area (Å²) in [5.74, 6) is 0.478. The molecule has 0 radical (unpaired) electrons. The molecule has 17 heavy (non-hydrogen) atoms. The van der Waals surface area contributed by atoms with Crippen molar-refractivity contribution in [2.24, 2.45) is 11.7 Å². The van der Waals surface area contributed by atoms with E-state index in [0.29, 0.717) is 12.5 Å². The fourth-order valence-electron chi connectivity index (χ4n) is 1.96. The Balaban J connectivity index is 2.19. The van der Waals surface area contributed by atoms with E-state index in [-0.39, 0.29) is 6.04 Å². The summed E-state index contributed by atoms with van der Waals surface area (Å²) >= 11 is 0. The first kappa shape index (κ1) is 14.1. The first-order chi connectivity index (χ1) is 7.90. The predicted octanol–water partition coefficient (Wildman–Crippen LogP) is 1.37. The molecule has 1 aliphatic rings. The van der Waals surface area contributed by atoms with Crippen molar-refractivity contribution in [3.8, 4) is 0 Å². The van der Waals surface area contributed by atoms with Gasteiger partial charge in [0, 0.05) is 6.04 Å². The normalized spacial score (nSPS) is 25.4. The average molecular weight is 253 g/mol. The van der Waals surface area contributed by atoms with Crippen LogP contribution in [0.4, 0.5) is 18.0 Å². The number of alkyl halides is 3. The van der Waals surface area contributed by atoms with Crippen LogP contribution in [0.5, 0.6) is 0 Å². The van der Waals surface area contributed by atoms with Crippen molar-refractivity contribution in [1.29, 1.82) is 0 Å². The van der Waals surface area contributed by atoms with E-state index in [2.05, 4.69) is 5.32 Å². The fraction of sp³-hybridized carbons (Fsp3) is 0.900. The van der Waals surface area contributed by atoms with E-state index in [1.807, 2.05) is 0 Å². The van der Waals surface area contributed by atoms with E-state index in [0.717, 1.165) is 25.7 Å². The molecule has 4 nitrogen and oxygen atoms in total. The molecule has 1 rings (SSSR count). The lowest BCUT2D eigenvalue weighted by Gasteiger charge is -2.28. The molecule has 0 aliphatic heterocycles. The highest BCUT2D eigenvalue weighted by Crippen LogP contribution is 2.23. The van der Waals surface area contributed by atoms with Gasteiger partial charge in [-0.3, -0.25) is 0 Å². The SMILES string of the molecule is NCC1CCC(NC(=O)NCC(F)(F)F)CC1. The largest absolute Gasteiger partial charge is 0.405 e. The van der Waals surface area contributed by atoms with Gasteiger partial charge in [-0.2, -0.15) is 13.2 Å². The molecule has 0 unspecified atom stereocenters. The summed E-state index contributed by atoms with van der Waals surface area (Å²) in [5, 5.41) is 4.34. The van der Waals surface area contributed by atoms with Gasteiger partial charge in [-0.15, -0.1) is 0 Å². The van der Waals surface area contributed by atoms with Crippen molar-refractivity contribution in [2.75, 3.05) is 13.1 Å². The Morgan fingerprint density at radius 3 is 2.29 bits per heavy atom. The van der Waals surface area contributed by atoms with Crippen LogP contribution in [-0.4, -0.2) is 31.3 Å². The highest BCUT2D eigenvalue weighted by molar-refractivity contribution is 5.74. The molecule has 0 bridgehead atoms. The Labute approximate surface area is 98.1 Å². The lowest BCUT2D eigenvalue weighted by atomic mass is 9.86. The molecule has 4 N–H and O–H groups in total. The van der Waals surface area contributed by atoms with E-state index in [1.54, 1.807) is 5.32 Å². The van der Waals surface area contributed by atoms with Gasteiger partial charge in [0.1, 0.15) is 6.54 Å². The Hall–Kier alpha value is -0.980. The van der Waals surface area contributed by atoms with Crippen LogP contribution in [0.25, 0.3) is 0 Å². The van der Waals surface area contributed by atoms with E-state index >= 15 is 0 Å². The van der Waals surface area contributed by atoms with Crippen LogP contribution in [-0.2, 0) is 0 Å². The summed E-state index contributed by atoms with van der Waals surface area (Å²) in [6.45, 7) is -0.663. The Kier molecular flexibility index (Phi) is 5.04. The van der Waals surface area contributed by atoms with Gasteiger partial charge in [0.05, 0.1) is 0 Å². The topological polar surface area (TPSA) is 67.1 Å². The standard InChI is InChI=1S/C10H18F3N3O/c11-10(12,13)6-15-9(17)16-8-3-1-7(5-14)2-4-8/h7-8H,1-6,14H2,(H2,15,16,17). The number of rotatable bonds is 3. The van der Waals surface area contributed by atoms with E-state index in [9.17, 15) is 18.0 Å². The van der Waals surface area contributed by atoms with Gasteiger partial charge in [-0.1, -0.05) is 0 Å². The van der Waals surface area contributed by atoms with Crippen molar-refractivity contribution in [1.82, 2.24) is 10.6 Å². The first-order valence-electron chi connectivity index (χ1n) is 5.72. The second-order valence-electron chi connectivity index (χ2n) is 4.40. The maximum Gasteiger partial charge on any atom is 0.405 e. The lowest BCUT2D eigenvalue weighted by molar-refractivity contribution is -0.122. The molecule has 1 aliphatic carbocycles. The van der Waals surface area contributed by atoms with E-state index in [4.69, 9.17) is 5.73 Å². The van der Waals surface area contributed by atoms with Gasteiger partial charge in [0.15, 0.2) is 0 Å². The number of carbonyl (C=O) groups excluding carboxylic acids is 1. The molecule has 0 aromatic carbocycles. The molecule has 0 saturated heterocycles. The van der Waals surface area contributed by atoms with Crippen LogP contribution < -0.4 is 16.4 Å². The quantitative estimate of drug-likeness (QED) is 0.711. The summed E-state index contributed by atoms with van der Waals surface area (Å²) < 4.78 is 35.5. The minimum Gasteiger partial charge on any atom is -0.335 e. The molecule has 0 heterocycles. The van der Waals surface area contributed by atoms with Gasteiger partial charge in [0.2, 0.25) is 0 Å². The van der Waals surface area contributed by atoms with Gasteiger partial charge < -0.3 is 16.4 Å². The minimum atomic E-state index is -4.37. The van der Waals surface area contributed by atoms with E-state index < -0.39 is 18.8 Å². The zero-order valence-electron chi connectivity index (χ0n) is 9.52. The van der Waals surface area contributed by atoms with Gasteiger partial charge >= 0.3 is 12.2 Å². The summed E-state index contributed by atoms with van der Waals surface area (Å²) in [6, 6.07) is -0.787. The molecular weight excluding hydrogens is 235 g/mol. The number of halogens is 3. The smallest absolute Gasteiger partial charge is 0.335 e. The second-order valence-corrected chi connectivity index (χ2v) is 4.40. The van der Waals surface area contributed by atoms with Crippen LogP contribution in [0.15, 0.2) is 0 Å². The molecule has 100 valence electrons. The molecule has 0 atom stereocenters. The molecule has 0 aromatic heterocycles. The van der Waals surface area contributed by atoms with Crippen molar-refractivity contribution < 1.29 is 18.0 Å². The van der Waals surface area contributed by atoms with Crippen LogP contribution in [0.2, 0.25) is 0 Å². The third kappa shape index (κ3) is 5.76. The lowest BCUT2D eigenvalue weighted by Crippen LogP contribution is -2.46. The van der Waals surface area contributed by atoms with Crippen molar-refractivity contribution in [3.05, 3.63) is 0 Å². The molecule has 2 amide bonds. The molecule has 7 heteroatoms. The predicted molar refractivity (Wildman–Crippen MR) is 57.4 cm³/mol. The summed E-state index contributed by atoms with van der Waals surface area (Å²) in [7, 11) is 0. The van der Waals surface area contributed by atoms with Crippen LogP contribution >= 0.6 is 0 Å². The molecule has 1 saturated carbocycles. The van der Waals surface area contributed by atoms with Gasteiger partial charge in [0.25, 0.3) is 0 Å². The maximum absolute atomic E-state index is 11.8. The monoisotopic (exact) mass is 253 g/mol. The van der Waals surface area contributed by atoms with Gasteiger partial charge in [-0.05, 0) is 38.1 Å². The summed E-state index contributed by atoms with van der Waals surface area (Å²) in [4.78, 5) is 11.2. The molecule has 1 fully saturated rings. The number of hydrogen-bond acceptors (Lipinski definition) is 2. The number of nitrogens with one attached hydrogen (secondary N) is 2. The van der Waals surface area contributed by atoms with Gasteiger partial charge in [-0.25, -0.2) is 4.79 Å².